The zero-order valence-corrected chi connectivity index (χ0v) is 12.3. The molecule has 1 saturated heterocycles. The predicted octanol–water partition coefficient (Wildman–Crippen LogP) is 1.08. The Morgan fingerprint density at radius 1 is 1.42 bits per heavy atom. The number of nitrogens with zero attached hydrogens (tertiary/aromatic N) is 2. The average Bonchev–Trinajstić information content (AvgIpc) is 2.71. The second kappa shape index (κ2) is 6.21. The van der Waals surface area contributed by atoms with Crippen LogP contribution in [0.2, 0.25) is 0 Å². The summed E-state index contributed by atoms with van der Waals surface area (Å²) < 4.78 is 1.73. The molecule has 5 nitrogen and oxygen atoms in total. The van der Waals surface area contributed by atoms with E-state index in [4.69, 9.17) is 0 Å². The lowest BCUT2D eigenvalue weighted by Crippen LogP contribution is -2.52. The maximum atomic E-state index is 12.4. The second-order valence-corrected chi connectivity index (χ2v) is 4.83. The van der Waals surface area contributed by atoms with Crippen molar-refractivity contribution in [2.75, 3.05) is 19.6 Å². The standard InChI is InChI=1S/C13H19N3O2.ClH/c1-9-7-14-4-5-16(9)13(18)12-6-11(10(2)17)8-15(12)3;/h6,8-9,14H,4-5,7H2,1-3H3;1H/t9-;/m1./s1. The zero-order chi connectivity index (χ0) is 13.3. The van der Waals surface area contributed by atoms with Crippen molar-refractivity contribution in [2.24, 2.45) is 7.05 Å². The smallest absolute Gasteiger partial charge is 0.270 e. The van der Waals surface area contributed by atoms with Crippen LogP contribution in [0, 0.1) is 0 Å². The van der Waals surface area contributed by atoms with Gasteiger partial charge in [0.2, 0.25) is 0 Å². The molecule has 0 aromatic carbocycles. The van der Waals surface area contributed by atoms with Gasteiger partial charge in [0.05, 0.1) is 0 Å². The normalized spacial score (nSPS) is 18.9. The molecular weight excluding hydrogens is 266 g/mol. The summed E-state index contributed by atoms with van der Waals surface area (Å²) in [7, 11) is 1.80. The van der Waals surface area contributed by atoms with E-state index in [1.807, 2.05) is 11.8 Å². The molecular formula is C13H20ClN3O2. The largest absolute Gasteiger partial charge is 0.346 e. The van der Waals surface area contributed by atoms with Gasteiger partial charge in [-0.2, -0.15) is 0 Å². The van der Waals surface area contributed by atoms with Gasteiger partial charge in [0.25, 0.3) is 5.91 Å². The van der Waals surface area contributed by atoms with Crippen LogP contribution in [0.4, 0.5) is 0 Å². The zero-order valence-electron chi connectivity index (χ0n) is 11.5. The van der Waals surface area contributed by atoms with Crippen molar-refractivity contribution in [3.05, 3.63) is 23.5 Å². The van der Waals surface area contributed by atoms with E-state index in [0.717, 1.165) is 13.1 Å². The number of carbonyl (C=O) groups excluding carboxylic acids is 2. The molecule has 2 rings (SSSR count). The Balaban J connectivity index is 0.00000180. The highest BCUT2D eigenvalue weighted by atomic mass is 35.5. The van der Waals surface area contributed by atoms with E-state index < -0.39 is 0 Å². The molecule has 2 heterocycles. The minimum Gasteiger partial charge on any atom is -0.346 e. The van der Waals surface area contributed by atoms with E-state index in [1.54, 1.807) is 23.9 Å². The van der Waals surface area contributed by atoms with Crippen molar-refractivity contribution in [3.63, 3.8) is 0 Å². The molecule has 1 aliphatic rings. The predicted molar refractivity (Wildman–Crippen MR) is 76.0 cm³/mol. The number of carbonyl (C=O) groups is 2. The molecule has 1 aliphatic heterocycles. The molecule has 1 fully saturated rings. The van der Waals surface area contributed by atoms with Gasteiger partial charge < -0.3 is 14.8 Å². The average molecular weight is 286 g/mol. The fourth-order valence-electron chi connectivity index (χ4n) is 2.26. The van der Waals surface area contributed by atoms with Crippen LogP contribution in [0.1, 0.15) is 34.7 Å². The Bertz CT molecular complexity index is 484. The number of hydrogen-bond donors (Lipinski definition) is 1. The van der Waals surface area contributed by atoms with Crippen molar-refractivity contribution in [1.82, 2.24) is 14.8 Å². The topological polar surface area (TPSA) is 54.3 Å². The summed E-state index contributed by atoms with van der Waals surface area (Å²) in [5.41, 5.74) is 1.16. The summed E-state index contributed by atoms with van der Waals surface area (Å²) in [6.07, 6.45) is 1.71. The van der Waals surface area contributed by atoms with Gasteiger partial charge in [-0.25, -0.2) is 0 Å². The Hall–Kier alpha value is -1.33. The Labute approximate surface area is 119 Å². The summed E-state index contributed by atoms with van der Waals surface area (Å²) >= 11 is 0. The molecule has 1 amide bonds. The van der Waals surface area contributed by atoms with Crippen LogP contribution in [0.25, 0.3) is 0 Å². The molecule has 0 bridgehead atoms. The summed E-state index contributed by atoms with van der Waals surface area (Å²) in [5, 5.41) is 3.25. The minimum absolute atomic E-state index is 0. The summed E-state index contributed by atoms with van der Waals surface area (Å²) in [6, 6.07) is 1.86. The van der Waals surface area contributed by atoms with Crippen molar-refractivity contribution < 1.29 is 9.59 Å². The number of aryl methyl sites for hydroxylation is 1. The molecule has 1 aromatic rings. The van der Waals surface area contributed by atoms with Gasteiger partial charge in [-0.15, -0.1) is 12.4 Å². The van der Waals surface area contributed by atoms with Gasteiger partial charge in [0.15, 0.2) is 5.78 Å². The summed E-state index contributed by atoms with van der Waals surface area (Å²) in [6.45, 7) is 5.88. The van der Waals surface area contributed by atoms with E-state index in [2.05, 4.69) is 5.32 Å². The van der Waals surface area contributed by atoms with Crippen molar-refractivity contribution in [1.29, 1.82) is 0 Å². The maximum absolute atomic E-state index is 12.4. The lowest BCUT2D eigenvalue weighted by molar-refractivity contribution is 0.0646. The molecule has 1 aromatic heterocycles. The molecule has 1 atom stereocenters. The molecule has 1 N–H and O–H groups in total. The van der Waals surface area contributed by atoms with Crippen LogP contribution in [0.5, 0.6) is 0 Å². The van der Waals surface area contributed by atoms with Crippen LogP contribution >= 0.6 is 12.4 Å². The molecule has 0 unspecified atom stereocenters. The van der Waals surface area contributed by atoms with Crippen LogP contribution < -0.4 is 5.32 Å². The quantitative estimate of drug-likeness (QED) is 0.828. The van der Waals surface area contributed by atoms with E-state index in [1.165, 1.54) is 6.92 Å². The van der Waals surface area contributed by atoms with Crippen LogP contribution in [0.3, 0.4) is 0 Å². The van der Waals surface area contributed by atoms with Crippen molar-refractivity contribution >= 4 is 24.1 Å². The Kier molecular flexibility index (Phi) is 5.14. The number of amides is 1. The highest BCUT2D eigenvalue weighted by molar-refractivity contribution is 5.99. The monoisotopic (exact) mass is 285 g/mol. The van der Waals surface area contributed by atoms with Gasteiger partial charge in [0.1, 0.15) is 5.69 Å². The highest BCUT2D eigenvalue weighted by Gasteiger charge is 2.26. The summed E-state index contributed by atoms with van der Waals surface area (Å²) in [5.74, 6) is -0.0167. The fraction of sp³-hybridized carbons (Fsp3) is 0.538. The van der Waals surface area contributed by atoms with Gasteiger partial charge in [-0.05, 0) is 19.9 Å². The van der Waals surface area contributed by atoms with Crippen LogP contribution in [-0.4, -0.2) is 46.8 Å². The van der Waals surface area contributed by atoms with Crippen molar-refractivity contribution in [3.8, 4) is 0 Å². The third kappa shape index (κ3) is 3.16. The summed E-state index contributed by atoms with van der Waals surface area (Å²) in [4.78, 5) is 25.6. The number of Topliss-reactive ketones (excluding diaryl/α,β-unsaturated/α-hetero) is 1. The van der Waals surface area contributed by atoms with Crippen LogP contribution in [0.15, 0.2) is 12.3 Å². The number of nitrogens with one attached hydrogen (secondary N) is 1. The molecule has 0 saturated carbocycles. The minimum atomic E-state index is -0.0157. The van der Waals surface area contributed by atoms with E-state index in [0.29, 0.717) is 17.8 Å². The number of hydrogen-bond acceptors (Lipinski definition) is 3. The van der Waals surface area contributed by atoms with Gasteiger partial charge in [-0.1, -0.05) is 0 Å². The van der Waals surface area contributed by atoms with E-state index in [-0.39, 0.29) is 30.1 Å². The first-order chi connectivity index (χ1) is 8.50. The molecule has 19 heavy (non-hydrogen) atoms. The number of ketones is 1. The van der Waals surface area contributed by atoms with Gasteiger partial charge in [0, 0.05) is 44.5 Å². The lowest BCUT2D eigenvalue weighted by Gasteiger charge is -2.34. The SMILES string of the molecule is CC(=O)c1cc(C(=O)N2CCNC[C@H]2C)n(C)c1.Cl. The Morgan fingerprint density at radius 3 is 2.63 bits per heavy atom. The third-order valence-corrected chi connectivity index (χ3v) is 3.39. The number of rotatable bonds is 2. The highest BCUT2D eigenvalue weighted by Crippen LogP contribution is 2.13. The first kappa shape index (κ1) is 15.7. The number of aromatic nitrogens is 1. The van der Waals surface area contributed by atoms with E-state index >= 15 is 0 Å². The second-order valence-electron chi connectivity index (χ2n) is 4.83. The molecule has 0 spiro atoms. The fourth-order valence-corrected chi connectivity index (χ4v) is 2.26. The first-order valence-corrected chi connectivity index (χ1v) is 6.19. The number of halogens is 1. The van der Waals surface area contributed by atoms with Crippen LogP contribution in [-0.2, 0) is 7.05 Å². The lowest BCUT2D eigenvalue weighted by atomic mass is 10.2. The molecule has 6 heteroatoms. The van der Waals surface area contributed by atoms with Crippen molar-refractivity contribution in [2.45, 2.75) is 19.9 Å². The molecule has 106 valence electrons. The van der Waals surface area contributed by atoms with Gasteiger partial charge in [-0.3, -0.25) is 9.59 Å². The van der Waals surface area contributed by atoms with E-state index in [9.17, 15) is 9.59 Å². The maximum Gasteiger partial charge on any atom is 0.270 e. The Morgan fingerprint density at radius 2 is 2.11 bits per heavy atom. The van der Waals surface area contributed by atoms with Gasteiger partial charge >= 0.3 is 0 Å². The molecule has 0 radical (unpaired) electrons. The molecule has 0 aliphatic carbocycles. The third-order valence-electron chi connectivity index (χ3n) is 3.39. The number of piperazine rings is 1. The first-order valence-electron chi connectivity index (χ1n) is 6.19.